The van der Waals surface area contributed by atoms with Crippen molar-refractivity contribution in [1.82, 2.24) is 10.2 Å². The number of carbonyl (C=O) groups excluding carboxylic acids is 1. The van der Waals surface area contributed by atoms with E-state index in [4.69, 9.17) is 5.73 Å². The summed E-state index contributed by atoms with van der Waals surface area (Å²) in [5.41, 5.74) is 5.99. The maximum atomic E-state index is 12.0. The Morgan fingerprint density at radius 3 is 2.50 bits per heavy atom. The van der Waals surface area contributed by atoms with E-state index in [9.17, 15) is 4.79 Å². The highest BCUT2D eigenvalue weighted by atomic mass is 16.2. The number of carbonyl (C=O) groups is 1. The molecule has 1 saturated carbocycles. The van der Waals surface area contributed by atoms with Gasteiger partial charge in [0.2, 0.25) is 0 Å². The summed E-state index contributed by atoms with van der Waals surface area (Å²) < 4.78 is 0. The Morgan fingerprint density at radius 2 is 1.94 bits per heavy atom. The minimum atomic E-state index is 0.0536. The van der Waals surface area contributed by atoms with Gasteiger partial charge in [0.25, 0.3) is 0 Å². The summed E-state index contributed by atoms with van der Waals surface area (Å²) in [5, 5.41) is 3.12. The summed E-state index contributed by atoms with van der Waals surface area (Å²) in [7, 11) is 1.85. The summed E-state index contributed by atoms with van der Waals surface area (Å²) in [5.74, 6) is 0.472. The fourth-order valence-electron chi connectivity index (χ4n) is 2.31. The smallest absolute Gasteiger partial charge is 0.317 e. The second kappa shape index (κ2) is 7.62. The molecule has 3 N–H and O–H groups in total. The van der Waals surface area contributed by atoms with Crippen LogP contribution >= 0.6 is 0 Å². The van der Waals surface area contributed by atoms with Gasteiger partial charge >= 0.3 is 6.03 Å². The van der Waals surface area contributed by atoms with Gasteiger partial charge in [-0.1, -0.05) is 33.1 Å². The van der Waals surface area contributed by atoms with Gasteiger partial charge in [-0.3, -0.25) is 0 Å². The molecule has 0 saturated heterocycles. The number of amides is 2. The molecule has 1 rings (SSSR count). The van der Waals surface area contributed by atoms with Crippen molar-refractivity contribution in [2.45, 2.75) is 64.5 Å². The predicted molar refractivity (Wildman–Crippen MR) is 75.5 cm³/mol. The second-order valence-corrected chi connectivity index (χ2v) is 5.90. The van der Waals surface area contributed by atoms with E-state index in [-0.39, 0.29) is 12.1 Å². The van der Waals surface area contributed by atoms with Crippen molar-refractivity contribution < 1.29 is 4.79 Å². The first kappa shape index (κ1) is 15.3. The molecule has 0 spiro atoms. The van der Waals surface area contributed by atoms with Gasteiger partial charge in [-0.2, -0.15) is 0 Å². The lowest BCUT2D eigenvalue weighted by atomic mass is 9.96. The van der Waals surface area contributed by atoms with Crippen molar-refractivity contribution in [2.24, 2.45) is 11.7 Å². The van der Waals surface area contributed by atoms with Crippen molar-refractivity contribution in [1.29, 1.82) is 0 Å². The third-order valence-corrected chi connectivity index (χ3v) is 3.93. The summed E-state index contributed by atoms with van der Waals surface area (Å²) in [4.78, 5) is 13.7. The van der Waals surface area contributed by atoms with Crippen LogP contribution in [0.15, 0.2) is 0 Å². The highest BCUT2D eigenvalue weighted by Gasteiger charge is 2.18. The van der Waals surface area contributed by atoms with Crippen LogP contribution < -0.4 is 11.1 Å². The maximum absolute atomic E-state index is 12.0. The first-order valence-corrected chi connectivity index (χ1v) is 7.28. The number of hydrogen-bond acceptors (Lipinski definition) is 2. The molecule has 4 nitrogen and oxygen atoms in total. The van der Waals surface area contributed by atoms with Crippen LogP contribution in [0.3, 0.4) is 0 Å². The molecule has 0 aromatic rings. The van der Waals surface area contributed by atoms with Crippen LogP contribution in [0.4, 0.5) is 4.79 Å². The molecule has 1 aliphatic carbocycles. The number of nitrogens with one attached hydrogen (secondary N) is 1. The molecular formula is C14H29N3O. The summed E-state index contributed by atoms with van der Waals surface area (Å²) in [6.45, 7) is 4.97. The van der Waals surface area contributed by atoms with Crippen molar-refractivity contribution in [3.63, 3.8) is 0 Å². The summed E-state index contributed by atoms with van der Waals surface area (Å²) >= 11 is 0. The normalized spacial score (nSPS) is 18.7. The van der Waals surface area contributed by atoms with Crippen LogP contribution in [-0.4, -0.2) is 36.6 Å². The highest BCUT2D eigenvalue weighted by molar-refractivity contribution is 5.74. The zero-order valence-electron chi connectivity index (χ0n) is 12.1. The van der Waals surface area contributed by atoms with E-state index in [2.05, 4.69) is 19.2 Å². The molecular weight excluding hydrogens is 226 g/mol. The van der Waals surface area contributed by atoms with Gasteiger partial charge < -0.3 is 16.0 Å². The topological polar surface area (TPSA) is 58.4 Å². The number of rotatable bonds is 5. The van der Waals surface area contributed by atoms with Crippen LogP contribution in [0.25, 0.3) is 0 Å². The van der Waals surface area contributed by atoms with Crippen LogP contribution in [-0.2, 0) is 0 Å². The molecule has 1 aliphatic rings. The van der Waals surface area contributed by atoms with Crippen molar-refractivity contribution in [3.05, 3.63) is 0 Å². The molecule has 0 aromatic heterocycles. The summed E-state index contributed by atoms with van der Waals surface area (Å²) in [6, 6.07) is 0.611. The minimum Gasteiger partial charge on any atom is -0.335 e. The molecule has 0 aliphatic heterocycles. The van der Waals surface area contributed by atoms with Crippen LogP contribution in [0, 0.1) is 5.92 Å². The van der Waals surface area contributed by atoms with E-state index in [1.807, 2.05) is 7.05 Å². The molecule has 0 aromatic carbocycles. The van der Waals surface area contributed by atoms with Crippen LogP contribution in [0.5, 0.6) is 0 Å². The average Bonchev–Trinajstić information content (AvgIpc) is 2.36. The molecule has 2 amide bonds. The van der Waals surface area contributed by atoms with Crippen LogP contribution in [0.1, 0.15) is 52.4 Å². The van der Waals surface area contributed by atoms with Gasteiger partial charge in [0.05, 0.1) is 0 Å². The Hall–Kier alpha value is -0.770. The Bertz CT molecular complexity index is 249. The van der Waals surface area contributed by atoms with E-state index in [0.717, 1.165) is 25.8 Å². The lowest BCUT2D eigenvalue weighted by Gasteiger charge is -2.27. The molecule has 1 atom stereocenters. The highest BCUT2D eigenvalue weighted by Crippen LogP contribution is 2.17. The molecule has 0 radical (unpaired) electrons. The maximum Gasteiger partial charge on any atom is 0.317 e. The minimum absolute atomic E-state index is 0.0536. The van der Waals surface area contributed by atoms with Gasteiger partial charge in [-0.05, 0) is 25.2 Å². The molecule has 1 unspecified atom stereocenters. The zero-order chi connectivity index (χ0) is 13.5. The predicted octanol–water partition coefficient (Wildman–Crippen LogP) is 2.33. The average molecular weight is 255 g/mol. The van der Waals surface area contributed by atoms with E-state index in [0.29, 0.717) is 12.0 Å². The van der Waals surface area contributed by atoms with Gasteiger partial charge in [-0.15, -0.1) is 0 Å². The quantitative estimate of drug-likeness (QED) is 0.792. The Balaban J connectivity index is 2.23. The van der Waals surface area contributed by atoms with Gasteiger partial charge in [-0.25, -0.2) is 4.79 Å². The molecule has 18 heavy (non-hydrogen) atoms. The number of urea groups is 1. The van der Waals surface area contributed by atoms with Gasteiger partial charge in [0.15, 0.2) is 0 Å². The monoisotopic (exact) mass is 255 g/mol. The zero-order valence-corrected chi connectivity index (χ0v) is 12.1. The molecule has 1 fully saturated rings. The lowest BCUT2D eigenvalue weighted by molar-refractivity contribution is 0.198. The first-order valence-electron chi connectivity index (χ1n) is 7.28. The third-order valence-electron chi connectivity index (χ3n) is 3.93. The number of hydrogen-bond donors (Lipinski definition) is 2. The van der Waals surface area contributed by atoms with E-state index in [1.165, 1.54) is 19.3 Å². The molecule has 4 heteroatoms. The van der Waals surface area contributed by atoms with Crippen molar-refractivity contribution in [3.8, 4) is 0 Å². The Morgan fingerprint density at radius 1 is 1.33 bits per heavy atom. The first-order chi connectivity index (χ1) is 8.50. The van der Waals surface area contributed by atoms with E-state index < -0.39 is 0 Å². The largest absolute Gasteiger partial charge is 0.335 e. The second-order valence-electron chi connectivity index (χ2n) is 5.90. The number of nitrogens with zero attached hydrogens (tertiary/aromatic N) is 1. The molecule has 0 heterocycles. The fourth-order valence-corrected chi connectivity index (χ4v) is 2.31. The molecule has 106 valence electrons. The lowest BCUT2D eigenvalue weighted by Crippen LogP contribution is -2.45. The van der Waals surface area contributed by atoms with Crippen molar-refractivity contribution in [2.75, 3.05) is 13.6 Å². The third kappa shape index (κ3) is 5.25. The van der Waals surface area contributed by atoms with Gasteiger partial charge in [0, 0.05) is 25.7 Å². The summed E-state index contributed by atoms with van der Waals surface area (Å²) in [6.07, 6.45) is 6.92. The van der Waals surface area contributed by atoms with Gasteiger partial charge in [0.1, 0.15) is 0 Å². The van der Waals surface area contributed by atoms with E-state index >= 15 is 0 Å². The van der Waals surface area contributed by atoms with E-state index in [1.54, 1.807) is 4.90 Å². The SMILES string of the molecule is CC(C)C(N)CCN(C)C(=O)NC1CCCCC1. The Labute approximate surface area is 111 Å². The Kier molecular flexibility index (Phi) is 6.47. The fraction of sp³-hybridized carbons (Fsp3) is 0.929. The molecule has 0 bridgehead atoms. The standard InChI is InChI=1S/C14H29N3O/c1-11(2)13(15)9-10-17(3)14(18)16-12-7-5-4-6-8-12/h11-13H,4-10,15H2,1-3H3,(H,16,18). The van der Waals surface area contributed by atoms with Crippen LogP contribution in [0.2, 0.25) is 0 Å². The number of nitrogens with two attached hydrogens (primary N) is 1. The van der Waals surface area contributed by atoms with Crippen molar-refractivity contribution >= 4 is 6.03 Å².